The first-order valence-corrected chi connectivity index (χ1v) is 10.6. The summed E-state index contributed by atoms with van der Waals surface area (Å²) in [6, 6.07) is 18.0. The van der Waals surface area contributed by atoms with Gasteiger partial charge in [0.1, 0.15) is 0 Å². The molecule has 0 unspecified atom stereocenters. The van der Waals surface area contributed by atoms with Crippen molar-refractivity contribution < 1.29 is 9.72 Å². The summed E-state index contributed by atoms with van der Waals surface area (Å²) < 4.78 is 0. The van der Waals surface area contributed by atoms with Crippen molar-refractivity contribution in [2.75, 3.05) is 10.6 Å². The minimum absolute atomic E-state index is 0.0154. The molecule has 1 aliphatic carbocycles. The minimum Gasteiger partial charge on any atom is -0.372 e. The van der Waals surface area contributed by atoms with Crippen molar-refractivity contribution in [3.8, 4) is 0 Å². The maximum absolute atomic E-state index is 13.4. The Morgan fingerprint density at radius 1 is 1.00 bits per heavy atom. The van der Waals surface area contributed by atoms with Crippen LogP contribution in [0.25, 0.3) is 0 Å². The number of carbonyl (C=O) groups excluding carboxylic acids is 1. The van der Waals surface area contributed by atoms with Crippen molar-refractivity contribution in [1.29, 1.82) is 0 Å². The maximum Gasteiger partial charge on any atom is 0.269 e. The number of nitro benzene ring substituents is 1. The molecule has 7 heteroatoms. The first kappa shape index (κ1) is 18.6. The van der Waals surface area contributed by atoms with Gasteiger partial charge in [0.05, 0.1) is 22.3 Å². The predicted octanol–water partition coefficient (Wildman–Crippen LogP) is 5.64. The predicted molar refractivity (Wildman–Crippen MR) is 118 cm³/mol. The quantitative estimate of drug-likeness (QED) is 0.426. The smallest absolute Gasteiger partial charge is 0.269 e. The Hall–Kier alpha value is -3.45. The van der Waals surface area contributed by atoms with E-state index in [2.05, 4.69) is 16.7 Å². The molecule has 30 heavy (non-hydrogen) atoms. The molecule has 0 bridgehead atoms. The fraction of sp³-hybridized carbons (Fsp3) is 0.174. The topological polar surface area (TPSA) is 84.3 Å². The summed E-state index contributed by atoms with van der Waals surface area (Å²) in [4.78, 5) is 25.5. The Kier molecular flexibility index (Phi) is 4.59. The van der Waals surface area contributed by atoms with Crippen molar-refractivity contribution in [3.63, 3.8) is 0 Å². The lowest BCUT2D eigenvalue weighted by Crippen LogP contribution is -2.26. The van der Waals surface area contributed by atoms with Crippen molar-refractivity contribution >= 4 is 34.2 Å². The summed E-state index contributed by atoms with van der Waals surface area (Å²) in [5, 5.41) is 20.3. The van der Waals surface area contributed by atoms with Gasteiger partial charge in [0, 0.05) is 40.6 Å². The number of anilines is 2. The molecule has 0 saturated heterocycles. The van der Waals surface area contributed by atoms with Gasteiger partial charge in [0.2, 0.25) is 0 Å². The SMILES string of the molecule is O=C1C[C@H](c2cccs2)CC2=C1[C@@H](c1cccc([N+](=O)[O-])c1)Nc1ccccc1N2. The normalized spacial score (nSPS) is 20.5. The highest BCUT2D eigenvalue weighted by atomic mass is 32.1. The Bertz CT molecular complexity index is 1170. The van der Waals surface area contributed by atoms with E-state index in [-0.39, 0.29) is 17.4 Å². The van der Waals surface area contributed by atoms with Crippen LogP contribution < -0.4 is 10.6 Å². The number of para-hydroxylation sites is 2. The first-order chi connectivity index (χ1) is 14.6. The van der Waals surface area contributed by atoms with E-state index < -0.39 is 11.0 Å². The molecule has 1 aliphatic heterocycles. The molecule has 150 valence electrons. The van der Waals surface area contributed by atoms with Crippen LogP contribution in [0.15, 0.2) is 77.3 Å². The zero-order valence-corrected chi connectivity index (χ0v) is 16.8. The molecule has 6 nitrogen and oxygen atoms in total. The van der Waals surface area contributed by atoms with E-state index in [1.54, 1.807) is 23.5 Å². The van der Waals surface area contributed by atoms with Gasteiger partial charge in [0.25, 0.3) is 5.69 Å². The molecule has 2 aliphatic rings. The number of benzene rings is 2. The number of ketones is 1. The third-order valence-electron chi connectivity index (χ3n) is 5.67. The molecule has 0 spiro atoms. The Labute approximate surface area is 177 Å². The van der Waals surface area contributed by atoms with Crippen LogP contribution in [0.1, 0.15) is 35.2 Å². The highest BCUT2D eigenvalue weighted by Crippen LogP contribution is 2.45. The lowest BCUT2D eigenvalue weighted by Gasteiger charge is -2.29. The zero-order chi connectivity index (χ0) is 20.7. The van der Waals surface area contributed by atoms with Gasteiger partial charge in [0.15, 0.2) is 5.78 Å². The summed E-state index contributed by atoms with van der Waals surface area (Å²) in [6.45, 7) is 0. The summed E-state index contributed by atoms with van der Waals surface area (Å²) in [5.41, 5.74) is 4.04. The van der Waals surface area contributed by atoms with Crippen molar-refractivity contribution in [2.24, 2.45) is 0 Å². The molecular formula is C23H19N3O3S. The molecule has 1 aromatic heterocycles. The highest BCUT2D eigenvalue weighted by Gasteiger charge is 2.36. The van der Waals surface area contributed by atoms with E-state index in [0.29, 0.717) is 17.6 Å². The van der Waals surface area contributed by atoms with Gasteiger partial charge in [-0.2, -0.15) is 0 Å². The van der Waals surface area contributed by atoms with Crippen LogP contribution in [0.2, 0.25) is 0 Å². The first-order valence-electron chi connectivity index (χ1n) is 9.77. The molecule has 0 fully saturated rings. The van der Waals surface area contributed by atoms with Crippen LogP contribution in [0.3, 0.4) is 0 Å². The number of nitrogens with zero attached hydrogens (tertiary/aromatic N) is 1. The van der Waals surface area contributed by atoms with Crippen LogP contribution >= 0.6 is 11.3 Å². The number of hydrogen-bond donors (Lipinski definition) is 2. The van der Waals surface area contributed by atoms with Gasteiger partial charge >= 0.3 is 0 Å². The molecule has 2 N–H and O–H groups in total. The van der Waals surface area contributed by atoms with Crippen LogP contribution in [0.5, 0.6) is 0 Å². The molecule has 0 saturated carbocycles. The maximum atomic E-state index is 13.4. The van der Waals surface area contributed by atoms with Crippen LogP contribution in [-0.4, -0.2) is 10.7 Å². The third kappa shape index (κ3) is 3.27. The molecule has 5 rings (SSSR count). The van der Waals surface area contributed by atoms with E-state index >= 15 is 0 Å². The van der Waals surface area contributed by atoms with E-state index in [1.165, 1.54) is 10.9 Å². The number of nitro groups is 1. The molecule has 0 radical (unpaired) electrons. The Morgan fingerprint density at radius 2 is 1.83 bits per heavy atom. The molecular weight excluding hydrogens is 398 g/mol. The van der Waals surface area contributed by atoms with Crippen molar-refractivity contribution in [2.45, 2.75) is 24.8 Å². The number of carbonyl (C=O) groups is 1. The number of rotatable bonds is 3. The largest absolute Gasteiger partial charge is 0.372 e. The number of fused-ring (bicyclic) bond motifs is 1. The van der Waals surface area contributed by atoms with Gasteiger partial charge in [-0.1, -0.05) is 30.3 Å². The summed E-state index contributed by atoms with van der Waals surface area (Å²) in [6.07, 6.45) is 1.16. The number of thiophene rings is 1. The minimum atomic E-state index is -0.451. The zero-order valence-electron chi connectivity index (χ0n) is 16.0. The lowest BCUT2D eigenvalue weighted by molar-refractivity contribution is -0.384. The average Bonchev–Trinajstić information content (AvgIpc) is 3.23. The van der Waals surface area contributed by atoms with Crippen LogP contribution in [-0.2, 0) is 4.79 Å². The van der Waals surface area contributed by atoms with Gasteiger partial charge < -0.3 is 10.6 Å². The van der Waals surface area contributed by atoms with Gasteiger partial charge in [-0.05, 0) is 35.6 Å². The lowest BCUT2D eigenvalue weighted by atomic mass is 9.81. The summed E-state index contributed by atoms with van der Waals surface area (Å²) >= 11 is 1.67. The number of hydrogen-bond acceptors (Lipinski definition) is 6. The van der Waals surface area contributed by atoms with E-state index in [9.17, 15) is 14.9 Å². The standard InChI is InChI=1S/C23H19N3O3S/c27-20-13-15(21-9-4-10-30-21)12-19-22(20)23(14-5-3-6-16(11-14)26(28)29)25-18-8-2-1-7-17(18)24-19/h1-11,15,23-25H,12-13H2/t15-,23-/m1/s1. The second kappa shape index (κ2) is 7.42. The molecule has 2 aromatic carbocycles. The Balaban J connectivity index is 1.63. The molecule has 2 atom stereocenters. The summed E-state index contributed by atoms with van der Waals surface area (Å²) in [7, 11) is 0. The fourth-order valence-corrected chi connectivity index (χ4v) is 5.12. The monoisotopic (exact) mass is 417 g/mol. The van der Waals surface area contributed by atoms with E-state index in [1.807, 2.05) is 41.8 Å². The van der Waals surface area contributed by atoms with Gasteiger partial charge in [-0.3, -0.25) is 14.9 Å². The van der Waals surface area contributed by atoms with Gasteiger partial charge in [-0.15, -0.1) is 11.3 Å². The fourth-order valence-electron chi connectivity index (χ4n) is 4.29. The van der Waals surface area contributed by atoms with Crippen molar-refractivity contribution in [3.05, 3.63) is 97.9 Å². The average molecular weight is 417 g/mol. The number of allylic oxidation sites excluding steroid dienone is 1. The second-order valence-corrected chi connectivity index (χ2v) is 8.52. The van der Waals surface area contributed by atoms with Crippen molar-refractivity contribution in [1.82, 2.24) is 0 Å². The number of Topliss-reactive ketones (excluding diaryl/α,β-unsaturated/α-hetero) is 1. The molecule has 2 heterocycles. The van der Waals surface area contributed by atoms with Crippen LogP contribution in [0, 0.1) is 10.1 Å². The number of nitrogens with one attached hydrogen (secondary N) is 2. The number of non-ortho nitro benzene ring substituents is 1. The summed E-state index contributed by atoms with van der Waals surface area (Å²) in [5.74, 6) is 0.207. The van der Waals surface area contributed by atoms with Gasteiger partial charge in [-0.25, -0.2) is 0 Å². The van der Waals surface area contributed by atoms with E-state index in [4.69, 9.17) is 0 Å². The van der Waals surface area contributed by atoms with E-state index in [0.717, 1.165) is 23.5 Å². The molecule has 0 amide bonds. The second-order valence-electron chi connectivity index (χ2n) is 7.54. The third-order valence-corrected chi connectivity index (χ3v) is 6.70. The molecule has 3 aromatic rings. The Morgan fingerprint density at radius 3 is 2.60 bits per heavy atom. The highest BCUT2D eigenvalue weighted by molar-refractivity contribution is 7.10. The van der Waals surface area contributed by atoms with Crippen LogP contribution in [0.4, 0.5) is 17.1 Å².